The first-order valence-corrected chi connectivity index (χ1v) is 7.56. The summed E-state index contributed by atoms with van der Waals surface area (Å²) in [4.78, 5) is 12.8. The standard InChI is InChI=1S/C14H15ClN2OS/c15-13-7-6-12(19-13)8-10(9-16)14(18)17-11-4-2-1-3-5-11/h6-8,11H,1-5H2,(H,17,18). The zero-order chi connectivity index (χ0) is 13.7. The van der Waals surface area contributed by atoms with Crippen LogP contribution in [0.3, 0.4) is 0 Å². The smallest absolute Gasteiger partial charge is 0.262 e. The molecule has 1 aromatic rings. The molecule has 1 heterocycles. The van der Waals surface area contributed by atoms with Gasteiger partial charge in [0.15, 0.2) is 0 Å². The van der Waals surface area contributed by atoms with Crippen molar-refractivity contribution in [2.75, 3.05) is 0 Å². The number of hydrogen-bond acceptors (Lipinski definition) is 3. The van der Waals surface area contributed by atoms with Crippen molar-refractivity contribution in [2.24, 2.45) is 0 Å². The summed E-state index contributed by atoms with van der Waals surface area (Å²) in [5.74, 6) is -0.279. The van der Waals surface area contributed by atoms with Gasteiger partial charge in [0.05, 0.1) is 4.34 Å². The van der Waals surface area contributed by atoms with Crippen LogP contribution in [0.1, 0.15) is 37.0 Å². The van der Waals surface area contributed by atoms with Gasteiger partial charge in [-0.2, -0.15) is 5.26 Å². The highest BCUT2D eigenvalue weighted by molar-refractivity contribution is 7.17. The van der Waals surface area contributed by atoms with Crippen LogP contribution in [0.4, 0.5) is 0 Å². The normalized spacial score (nSPS) is 16.9. The number of carbonyl (C=O) groups excluding carboxylic acids is 1. The molecule has 0 saturated heterocycles. The van der Waals surface area contributed by atoms with Crippen LogP contribution in [0.2, 0.25) is 4.34 Å². The van der Waals surface area contributed by atoms with Crippen LogP contribution in [0, 0.1) is 11.3 Å². The van der Waals surface area contributed by atoms with Crippen molar-refractivity contribution in [3.63, 3.8) is 0 Å². The molecule has 1 N–H and O–H groups in total. The minimum absolute atomic E-state index is 0.143. The molecule has 0 atom stereocenters. The molecule has 0 spiro atoms. The van der Waals surface area contributed by atoms with Crippen molar-refractivity contribution in [3.05, 3.63) is 26.9 Å². The maximum absolute atomic E-state index is 12.0. The highest BCUT2D eigenvalue weighted by Gasteiger charge is 2.18. The molecule has 0 bridgehead atoms. The summed E-state index contributed by atoms with van der Waals surface area (Å²) >= 11 is 7.18. The summed E-state index contributed by atoms with van der Waals surface area (Å²) in [5.41, 5.74) is 0.143. The summed E-state index contributed by atoms with van der Waals surface area (Å²) < 4.78 is 0.649. The quantitative estimate of drug-likeness (QED) is 0.682. The first-order valence-electron chi connectivity index (χ1n) is 6.37. The first kappa shape index (κ1) is 14.1. The summed E-state index contributed by atoms with van der Waals surface area (Å²) in [6, 6.07) is 5.73. The summed E-state index contributed by atoms with van der Waals surface area (Å²) in [5, 5.41) is 12.0. The lowest BCUT2D eigenvalue weighted by Crippen LogP contribution is -2.36. The molecule has 3 nitrogen and oxygen atoms in total. The van der Waals surface area contributed by atoms with Gasteiger partial charge in [-0.25, -0.2) is 0 Å². The van der Waals surface area contributed by atoms with E-state index in [1.165, 1.54) is 17.8 Å². The zero-order valence-electron chi connectivity index (χ0n) is 10.5. The number of hydrogen-bond donors (Lipinski definition) is 1. The lowest BCUT2D eigenvalue weighted by atomic mass is 9.95. The Hall–Kier alpha value is -1.31. The SMILES string of the molecule is N#CC(=Cc1ccc(Cl)s1)C(=O)NC1CCCCC1. The van der Waals surface area contributed by atoms with Crippen LogP contribution in [0.25, 0.3) is 6.08 Å². The van der Waals surface area contributed by atoms with E-state index in [-0.39, 0.29) is 17.5 Å². The third kappa shape index (κ3) is 4.09. The molecule has 0 unspecified atom stereocenters. The van der Waals surface area contributed by atoms with E-state index in [2.05, 4.69) is 5.32 Å². The lowest BCUT2D eigenvalue weighted by Gasteiger charge is -2.22. The van der Waals surface area contributed by atoms with E-state index in [4.69, 9.17) is 16.9 Å². The fraction of sp³-hybridized carbons (Fsp3) is 0.429. The Labute approximate surface area is 121 Å². The maximum atomic E-state index is 12.0. The second-order valence-corrected chi connectivity index (χ2v) is 6.37. The maximum Gasteiger partial charge on any atom is 0.262 e. The van der Waals surface area contributed by atoms with Crippen molar-refractivity contribution in [3.8, 4) is 6.07 Å². The van der Waals surface area contributed by atoms with Crippen molar-refractivity contribution >= 4 is 34.9 Å². The summed E-state index contributed by atoms with van der Waals surface area (Å²) in [7, 11) is 0. The van der Waals surface area contributed by atoms with Gasteiger partial charge >= 0.3 is 0 Å². The molecule has 5 heteroatoms. The molecule has 2 rings (SSSR count). The molecule has 0 aromatic carbocycles. The minimum atomic E-state index is -0.279. The second kappa shape index (κ2) is 6.74. The predicted octanol–water partition coefficient (Wildman–Crippen LogP) is 3.76. The van der Waals surface area contributed by atoms with Gasteiger partial charge in [0.2, 0.25) is 0 Å². The predicted molar refractivity (Wildman–Crippen MR) is 77.9 cm³/mol. The van der Waals surface area contributed by atoms with Crippen LogP contribution in [-0.2, 0) is 4.79 Å². The molecular weight excluding hydrogens is 280 g/mol. The largest absolute Gasteiger partial charge is 0.349 e. The second-order valence-electron chi connectivity index (χ2n) is 4.62. The molecule has 1 fully saturated rings. The number of nitrogens with zero attached hydrogens (tertiary/aromatic N) is 1. The topological polar surface area (TPSA) is 52.9 Å². The molecule has 1 aliphatic carbocycles. The van der Waals surface area contributed by atoms with Gasteiger partial charge in [-0.05, 0) is 31.1 Å². The van der Waals surface area contributed by atoms with E-state index in [1.54, 1.807) is 18.2 Å². The summed E-state index contributed by atoms with van der Waals surface area (Å²) in [6.07, 6.45) is 7.15. The minimum Gasteiger partial charge on any atom is -0.349 e. The van der Waals surface area contributed by atoms with Gasteiger partial charge in [-0.1, -0.05) is 30.9 Å². The number of carbonyl (C=O) groups is 1. The Balaban J connectivity index is 2.02. The molecule has 1 aliphatic rings. The van der Waals surface area contributed by atoms with Crippen LogP contribution in [-0.4, -0.2) is 11.9 Å². The average Bonchev–Trinajstić information content (AvgIpc) is 2.82. The van der Waals surface area contributed by atoms with Gasteiger partial charge in [0.1, 0.15) is 11.6 Å². The number of amides is 1. The van der Waals surface area contributed by atoms with Crippen LogP contribution >= 0.6 is 22.9 Å². The molecular formula is C14H15ClN2OS. The Morgan fingerprint density at radius 2 is 2.16 bits per heavy atom. The average molecular weight is 295 g/mol. The molecule has 1 amide bonds. The van der Waals surface area contributed by atoms with Gasteiger partial charge in [0, 0.05) is 10.9 Å². The molecule has 19 heavy (non-hydrogen) atoms. The van der Waals surface area contributed by atoms with Gasteiger partial charge in [-0.15, -0.1) is 11.3 Å². The van der Waals surface area contributed by atoms with E-state index in [1.807, 2.05) is 6.07 Å². The zero-order valence-corrected chi connectivity index (χ0v) is 12.1. The third-order valence-electron chi connectivity index (χ3n) is 3.19. The Morgan fingerprint density at radius 1 is 1.42 bits per heavy atom. The molecule has 0 radical (unpaired) electrons. The molecule has 100 valence electrons. The van der Waals surface area contributed by atoms with E-state index < -0.39 is 0 Å². The van der Waals surface area contributed by atoms with E-state index in [9.17, 15) is 4.79 Å². The first-order chi connectivity index (χ1) is 9.19. The van der Waals surface area contributed by atoms with Crippen molar-refractivity contribution in [1.29, 1.82) is 5.26 Å². The van der Waals surface area contributed by atoms with Crippen molar-refractivity contribution < 1.29 is 4.79 Å². The van der Waals surface area contributed by atoms with E-state index >= 15 is 0 Å². The number of rotatable bonds is 3. The Bertz CT molecular complexity index is 524. The van der Waals surface area contributed by atoms with Crippen molar-refractivity contribution in [1.82, 2.24) is 5.32 Å². The van der Waals surface area contributed by atoms with Gasteiger partial charge in [0.25, 0.3) is 5.91 Å². The van der Waals surface area contributed by atoms with E-state index in [0.29, 0.717) is 4.34 Å². The molecule has 1 aromatic heterocycles. The van der Waals surface area contributed by atoms with Crippen LogP contribution in [0.15, 0.2) is 17.7 Å². The molecule has 0 aliphatic heterocycles. The number of nitrogens with one attached hydrogen (secondary N) is 1. The van der Waals surface area contributed by atoms with Crippen LogP contribution < -0.4 is 5.32 Å². The highest BCUT2D eigenvalue weighted by Crippen LogP contribution is 2.24. The van der Waals surface area contributed by atoms with Gasteiger partial charge in [-0.3, -0.25) is 4.79 Å². The number of nitriles is 1. The van der Waals surface area contributed by atoms with Crippen molar-refractivity contribution in [2.45, 2.75) is 38.1 Å². The summed E-state index contributed by atoms with van der Waals surface area (Å²) in [6.45, 7) is 0. The number of thiophene rings is 1. The van der Waals surface area contributed by atoms with Crippen LogP contribution in [0.5, 0.6) is 0 Å². The lowest BCUT2D eigenvalue weighted by molar-refractivity contribution is -0.117. The third-order valence-corrected chi connectivity index (χ3v) is 4.36. The van der Waals surface area contributed by atoms with Gasteiger partial charge < -0.3 is 5.32 Å². The number of halogens is 1. The Morgan fingerprint density at radius 3 is 2.74 bits per heavy atom. The Kier molecular flexibility index (Phi) is 5.00. The molecule has 1 saturated carbocycles. The fourth-order valence-corrected chi connectivity index (χ4v) is 3.21. The fourth-order valence-electron chi connectivity index (χ4n) is 2.21. The monoisotopic (exact) mass is 294 g/mol. The van der Waals surface area contributed by atoms with E-state index in [0.717, 1.165) is 30.6 Å². The highest BCUT2D eigenvalue weighted by atomic mass is 35.5.